The van der Waals surface area contributed by atoms with Crippen molar-refractivity contribution >= 4 is 34.5 Å². The highest BCUT2D eigenvalue weighted by atomic mass is 35.5. The summed E-state index contributed by atoms with van der Waals surface area (Å²) in [5.41, 5.74) is 3.80. The highest BCUT2D eigenvalue weighted by molar-refractivity contribution is 7.20. The Morgan fingerprint density at radius 1 is 1.40 bits per heavy atom. The molecule has 1 aromatic rings. The van der Waals surface area contributed by atoms with Gasteiger partial charge in [0.2, 0.25) is 0 Å². The maximum Gasteiger partial charge on any atom is 0.0992 e. The first kappa shape index (κ1) is 13.3. The predicted octanol–water partition coefficient (Wildman–Crippen LogP) is 4.00. The van der Waals surface area contributed by atoms with Crippen molar-refractivity contribution in [2.45, 2.75) is 32.7 Å². The van der Waals surface area contributed by atoms with Crippen LogP contribution in [0, 0.1) is 5.92 Å². The van der Waals surface area contributed by atoms with Crippen LogP contribution in [0.3, 0.4) is 0 Å². The molecule has 1 atom stereocenters. The molecular formula is C10H16Cl2N2S. The molecule has 0 aliphatic rings. The molecule has 1 unspecified atom stereocenters. The number of hydrogen-bond acceptors (Lipinski definition) is 3. The summed E-state index contributed by atoms with van der Waals surface area (Å²) in [7, 11) is 0. The molecule has 0 aliphatic heterocycles. The van der Waals surface area contributed by atoms with Crippen molar-refractivity contribution in [1.29, 1.82) is 0 Å². The number of hydrogen-bond donors (Lipinski definition) is 2. The van der Waals surface area contributed by atoms with Crippen molar-refractivity contribution < 1.29 is 0 Å². The van der Waals surface area contributed by atoms with E-state index in [1.54, 1.807) is 0 Å². The van der Waals surface area contributed by atoms with Gasteiger partial charge in [-0.15, -0.1) is 11.3 Å². The van der Waals surface area contributed by atoms with Crippen LogP contribution in [0.4, 0.5) is 0 Å². The van der Waals surface area contributed by atoms with Gasteiger partial charge in [-0.25, -0.2) is 0 Å². The average molecular weight is 267 g/mol. The van der Waals surface area contributed by atoms with Gasteiger partial charge in [-0.1, -0.05) is 37.0 Å². The van der Waals surface area contributed by atoms with Gasteiger partial charge >= 0.3 is 0 Å². The van der Waals surface area contributed by atoms with Gasteiger partial charge in [0.15, 0.2) is 0 Å². The maximum absolute atomic E-state index is 6.07. The molecule has 0 aromatic carbocycles. The molecule has 15 heavy (non-hydrogen) atoms. The first-order chi connectivity index (χ1) is 7.04. The van der Waals surface area contributed by atoms with E-state index in [0.29, 0.717) is 10.3 Å². The van der Waals surface area contributed by atoms with E-state index in [4.69, 9.17) is 29.0 Å². The lowest BCUT2D eigenvalue weighted by Gasteiger charge is -2.16. The van der Waals surface area contributed by atoms with Crippen LogP contribution in [0.1, 0.15) is 38.3 Å². The zero-order chi connectivity index (χ0) is 11.4. The van der Waals surface area contributed by atoms with Crippen molar-refractivity contribution in [3.05, 3.63) is 20.3 Å². The van der Waals surface area contributed by atoms with Crippen LogP contribution in [0.25, 0.3) is 0 Å². The second kappa shape index (κ2) is 6.06. The minimum absolute atomic E-state index is 0.101. The fraction of sp³-hybridized carbons (Fsp3) is 0.600. The first-order valence-corrected chi connectivity index (χ1v) is 6.52. The quantitative estimate of drug-likeness (QED) is 0.625. The standard InChI is InChI=1S/C10H16Cl2N2S/c1-6(2)3-4-8(14-13)7-5-9(11)15-10(7)12/h5-6,8,14H,3-4,13H2,1-2H3. The summed E-state index contributed by atoms with van der Waals surface area (Å²) in [6.07, 6.45) is 2.08. The SMILES string of the molecule is CC(C)CCC(NN)c1cc(Cl)sc1Cl. The Bertz CT molecular complexity index is 312. The van der Waals surface area contributed by atoms with Gasteiger partial charge in [-0.05, 0) is 24.8 Å². The van der Waals surface area contributed by atoms with Gasteiger partial charge in [0.25, 0.3) is 0 Å². The van der Waals surface area contributed by atoms with E-state index in [0.717, 1.165) is 22.7 Å². The van der Waals surface area contributed by atoms with E-state index in [-0.39, 0.29) is 6.04 Å². The Morgan fingerprint density at radius 3 is 2.47 bits per heavy atom. The van der Waals surface area contributed by atoms with Gasteiger partial charge in [-0.3, -0.25) is 11.3 Å². The summed E-state index contributed by atoms with van der Waals surface area (Å²) >= 11 is 13.3. The number of hydrazine groups is 1. The molecule has 0 saturated heterocycles. The third kappa shape index (κ3) is 3.93. The lowest BCUT2D eigenvalue weighted by atomic mass is 10.0. The molecule has 1 aromatic heterocycles. The molecule has 0 spiro atoms. The third-order valence-corrected chi connectivity index (χ3v) is 3.81. The molecule has 0 fully saturated rings. The molecule has 0 amide bonds. The van der Waals surface area contributed by atoms with Gasteiger partial charge in [0.1, 0.15) is 0 Å². The summed E-state index contributed by atoms with van der Waals surface area (Å²) in [6, 6.07) is 1.99. The summed E-state index contributed by atoms with van der Waals surface area (Å²) in [4.78, 5) is 0. The fourth-order valence-corrected chi connectivity index (χ4v) is 3.00. The van der Waals surface area contributed by atoms with Gasteiger partial charge < -0.3 is 0 Å². The number of halogens is 2. The minimum atomic E-state index is 0.101. The van der Waals surface area contributed by atoms with E-state index >= 15 is 0 Å². The highest BCUT2D eigenvalue weighted by Gasteiger charge is 2.16. The Hall–Kier alpha value is 0.200. The average Bonchev–Trinajstić information content (AvgIpc) is 2.46. The number of nitrogens with one attached hydrogen (secondary N) is 1. The van der Waals surface area contributed by atoms with Crippen LogP contribution in [-0.2, 0) is 0 Å². The van der Waals surface area contributed by atoms with Gasteiger partial charge in [0.05, 0.1) is 8.67 Å². The molecule has 1 rings (SSSR count). The van der Waals surface area contributed by atoms with Crippen molar-refractivity contribution in [3.63, 3.8) is 0 Å². The second-order valence-corrected chi connectivity index (χ2v) is 6.26. The molecule has 5 heteroatoms. The molecule has 0 radical (unpaired) electrons. The lowest BCUT2D eigenvalue weighted by Crippen LogP contribution is -2.28. The molecule has 0 saturated carbocycles. The Kier molecular flexibility index (Phi) is 5.36. The van der Waals surface area contributed by atoms with Crippen LogP contribution in [-0.4, -0.2) is 0 Å². The van der Waals surface area contributed by atoms with E-state index < -0.39 is 0 Å². The molecule has 86 valence electrons. The summed E-state index contributed by atoms with van der Waals surface area (Å²) < 4.78 is 1.44. The van der Waals surface area contributed by atoms with Gasteiger partial charge in [-0.2, -0.15) is 0 Å². The topological polar surface area (TPSA) is 38.0 Å². The number of nitrogens with two attached hydrogens (primary N) is 1. The van der Waals surface area contributed by atoms with Crippen molar-refractivity contribution in [2.24, 2.45) is 11.8 Å². The van der Waals surface area contributed by atoms with Crippen LogP contribution in [0.5, 0.6) is 0 Å². The molecule has 3 N–H and O–H groups in total. The lowest BCUT2D eigenvalue weighted by molar-refractivity contribution is 0.449. The molecular weight excluding hydrogens is 251 g/mol. The smallest absolute Gasteiger partial charge is 0.0992 e. The Balaban J connectivity index is 2.69. The minimum Gasteiger partial charge on any atom is -0.271 e. The van der Waals surface area contributed by atoms with Crippen molar-refractivity contribution in [2.75, 3.05) is 0 Å². The second-order valence-electron chi connectivity index (χ2n) is 3.97. The zero-order valence-electron chi connectivity index (χ0n) is 8.89. The summed E-state index contributed by atoms with van der Waals surface area (Å²) in [6.45, 7) is 4.38. The molecule has 1 heterocycles. The zero-order valence-corrected chi connectivity index (χ0v) is 11.2. The van der Waals surface area contributed by atoms with Crippen molar-refractivity contribution in [3.8, 4) is 0 Å². The van der Waals surface area contributed by atoms with Crippen LogP contribution in [0.15, 0.2) is 6.07 Å². The normalized spacial score (nSPS) is 13.5. The molecule has 0 aliphatic carbocycles. The Labute approximate surface area is 105 Å². The summed E-state index contributed by atoms with van der Waals surface area (Å²) in [5.74, 6) is 6.18. The van der Waals surface area contributed by atoms with E-state index in [1.807, 2.05) is 6.07 Å². The van der Waals surface area contributed by atoms with Crippen molar-refractivity contribution in [1.82, 2.24) is 5.43 Å². The van der Waals surface area contributed by atoms with Crippen LogP contribution >= 0.6 is 34.5 Å². The maximum atomic E-state index is 6.07. The van der Waals surface area contributed by atoms with Gasteiger partial charge in [0, 0.05) is 11.6 Å². The third-order valence-electron chi connectivity index (χ3n) is 2.29. The van der Waals surface area contributed by atoms with Crippen LogP contribution in [0.2, 0.25) is 8.67 Å². The first-order valence-electron chi connectivity index (χ1n) is 4.95. The van der Waals surface area contributed by atoms with E-state index in [1.165, 1.54) is 11.3 Å². The Morgan fingerprint density at radius 2 is 2.07 bits per heavy atom. The number of rotatable bonds is 5. The summed E-state index contributed by atoms with van der Waals surface area (Å²) in [5, 5.41) is 0. The fourth-order valence-electron chi connectivity index (χ4n) is 1.42. The largest absolute Gasteiger partial charge is 0.271 e. The predicted molar refractivity (Wildman–Crippen MR) is 68.5 cm³/mol. The number of thiophene rings is 1. The van der Waals surface area contributed by atoms with E-state index in [2.05, 4.69) is 19.3 Å². The molecule has 0 bridgehead atoms. The van der Waals surface area contributed by atoms with E-state index in [9.17, 15) is 0 Å². The molecule has 2 nitrogen and oxygen atoms in total. The highest BCUT2D eigenvalue weighted by Crippen LogP contribution is 2.36. The monoisotopic (exact) mass is 266 g/mol. The van der Waals surface area contributed by atoms with Crippen LogP contribution < -0.4 is 11.3 Å².